The molecule has 56 valence electrons. The fourth-order valence-electron chi connectivity index (χ4n) is 1.05. The summed E-state index contributed by atoms with van der Waals surface area (Å²) in [6.07, 6.45) is 1.90. The van der Waals surface area contributed by atoms with Crippen LogP contribution in [0.2, 0.25) is 0 Å². The smallest absolute Gasteiger partial charge is 0.137 e. The first-order valence-corrected chi connectivity index (χ1v) is 4.51. The number of pyridine rings is 1. The van der Waals surface area contributed by atoms with Gasteiger partial charge in [0.2, 0.25) is 0 Å². The van der Waals surface area contributed by atoms with Gasteiger partial charge in [-0.25, -0.2) is 4.98 Å². The Balaban J connectivity index is 2.67. The lowest BCUT2D eigenvalue weighted by Gasteiger charge is -1.93. The Kier molecular flexibility index (Phi) is 1.66. The second-order valence-corrected chi connectivity index (χ2v) is 2.91. The van der Waals surface area contributed by atoms with Crippen LogP contribution in [0.5, 0.6) is 0 Å². The molecule has 0 aliphatic carbocycles. The van der Waals surface area contributed by atoms with Gasteiger partial charge in [-0.15, -0.1) is 0 Å². The minimum atomic E-state index is 0.808. The van der Waals surface area contributed by atoms with Gasteiger partial charge >= 0.3 is 0 Å². The van der Waals surface area contributed by atoms with Crippen LogP contribution in [-0.2, 0) is 5.33 Å². The maximum atomic E-state index is 4.35. The lowest BCUT2D eigenvalue weighted by molar-refractivity contribution is 1.21. The number of aromatic nitrogens is 2. The summed E-state index contributed by atoms with van der Waals surface area (Å²) in [4.78, 5) is 7.41. The van der Waals surface area contributed by atoms with Gasteiger partial charge in [0.05, 0.1) is 5.69 Å². The van der Waals surface area contributed by atoms with Crippen molar-refractivity contribution in [1.82, 2.24) is 9.97 Å². The molecule has 0 amide bonds. The van der Waals surface area contributed by atoms with E-state index in [0.29, 0.717) is 0 Å². The van der Waals surface area contributed by atoms with E-state index in [2.05, 4.69) is 32.0 Å². The summed E-state index contributed by atoms with van der Waals surface area (Å²) in [5, 5.41) is 1.97. The quantitative estimate of drug-likeness (QED) is 0.721. The fourth-order valence-corrected chi connectivity index (χ4v) is 1.36. The molecule has 0 aromatic carbocycles. The van der Waals surface area contributed by atoms with Crippen LogP contribution in [-0.4, -0.2) is 9.97 Å². The first-order valence-electron chi connectivity index (χ1n) is 3.39. The molecular weight excluding hydrogens is 204 g/mol. The van der Waals surface area contributed by atoms with Gasteiger partial charge in [-0.05, 0) is 18.2 Å². The number of aromatic amines is 1. The molecule has 2 aromatic heterocycles. The van der Waals surface area contributed by atoms with Gasteiger partial charge < -0.3 is 4.98 Å². The average Bonchev–Trinajstić information content (AvgIpc) is 2.50. The number of halogens is 1. The van der Waals surface area contributed by atoms with Gasteiger partial charge in [0.15, 0.2) is 0 Å². The Morgan fingerprint density at radius 3 is 3.09 bits per heavy atom. The molecule has 0 saturated heterocycles. The van der Waals surface area contributed by atoms with Gasteiger partial charge in [0.25, 0.3) is 0 Å². The van der Waals surface area contributed by atoms with Gasteiger partial charge in [0, 0.05) is 16.9 Å². The van der Waals surface area contributed by atoms with Gasteiger partial charge in [0.1, 0.15) is 5.65 Å². The molecule has 0 fully saturated rings. The summed E-state index contributed by atoms with van der Waals surface area (Å²) >= 11 is 3.36. The SMILES string of the molecule is BrCc1ccc2cc[nH]c2n1. The Bertz CT molecular complexity index is 367. The van der Waals surface area contributed by atoms with Crippen LogP contribution in [0, 0.1) is 0 Å². The highest BCUT2D eigenvalue weighted by Gasteiger charge is 1.95. The molecule has 2 heterocycles. The second-order valence-electron chi connectivity index (χ2n) is 2.35. The molecule has 0 aliphatic rings. The first-order chi connectivity index (χ1) is 5.40. The predicted molar refractivity (Wildman–Crippen MR) is 48.7 cm³/mol. The van der Waals surface area contributed by atoms with Crippen LogP contribution in [0.15, 0.2) is 24.4 Å². The summed E-state index contributed by atoms with van der Waals surface area (Å²) < 4.78 is 0. The van der Waals surface area contributed by atoms with Gasteiger partial charge in [-0.3, -0.25) is 0 Å². The minimum Gasteiger partial charge on any atom is -0.346 e. The van der Waals surface area contributed by atoms with E-state index < -0.39 is 0 Å². The summed E-state index contributed by atoms with van der Waals surface area (Å²) in [5.41, 5.74) is 2.02. The first kappa shape index (κ1) is 6.85. The zero-order valence-electron chi connectivity index (χ0n) is 5.84. The summed E-state index contributed by atoms with van der Waals surface area (Å²) in [6, 6.07) is 6.10. The Labute approximate surface area is 72.8 Å². The fraction of sp³-hybridized carbons (Fsp3) is 0.125. The van der Waals surface area contributed by atoms with E-state index in [0.717, 1.165) is 22.1 Å². The predicted octanol–water partition coefficient (Wildman–Crippen LogP) is 2.46. The van der Waals surface area contributed by atoms with Crippen molar-refractivity contribution in [2.75, 3.05) is 0 Å². The molecule has 3 heteroatoms. The number of hydrogen-bond acceptors (Lipinski definition) is 1. The van der Waals surface area contributed by atoms with Crippen LogP contribution in [0.3, 0.4) is 0 Å². The molecule has 2 rings (SSSR count). The number of H-pyrrole nitrogens is 1. The molecule has 0 aliphatic heterocycles. The third kappa shape index (κ3) is 1.16. The molecule has 0 atom stereocenters. The maximum absolute atomic E-state index is 4.35. The monoisotopic (exact) mass is 210 g/mol. The third-order valence-electron chi connectivity index (χ3n) is 1.60. The van der Waals surface area contributed by atoms with Crippen molar-refractivity contribution in [2.24, 2.45) is 0 Å². The zero-order chi connectivity index (χ0) is 7.68. The van der Waals surface area contributed by atoms with E-state index in [1.54, 1.807) is 0 Å². The van der Waals surface area contributed by atoms with E-state index in [9.17, 15) is 0 Å². The van der Waals surface area contributed by atoms with Crippen LogP contribution in [0.25, 0.3) is 11.0 Å². The highest BCUT2D eigenvalue weighted by molar-refractivity contribution is 9.08. The van der Waals surface area contributed by atoms with Crippen molar-refractivity contribution < 1.29 is 0 Å². The largest absolute Gasteiger partial charge is 0.346 e. The lowest BCUT2D eigenvalue weighted by atomic mass is 10.3. The zero-order valence-corrected chi connectivity index (χ0v) is 7.43. The Morgan fingerprint density at radius 2 is 2.27 bits per heavy atom. The van der Waals surface area contributed by atoms with E-state index in [-0.39, 0.29) is 0 Å². The van der Waals surface area contributed by atoms with E-state index >= 15 is 0 Å². The molecule has 0 spiro atoms. The van der Waals surface area contributed by atoms with Crippen LogP contribution in [0.4, 0.5) is 0 Å². The van der Waals surface area contributed by atoms with Gasteiger partial charge in [-0.1, -0.05) is 15.9 Å². The minimum absolute atomic E-state index is 0.808. The molecule has 11 heavy (non-hydrogen) atoms. The van der Waals surface area contributed by atoms with E-state index in [1.807, 2.05) is 18.3 Å². The highest BCUT2D eigenvalue weighted by Crippen LogP contribution is 2.11. The van der Waals surface area contributed by atoms with Crippen LogP contribution < -0.4 is 0 Å². The molecule has 2 nitrogen and oxygen atoms in total. The van der Waals surface area contributed by atoms with Crippen molar-refractivity contribution in [3.8, 4) is 0 Å². The van der Waals surface area contributed by atoms with Crippen LogP contribution in [0.1, 0.15) is 5.69 Å². The lowest BCUT2D eigenvalue weighted by Crippen LogP contribution is -1.83. The Morgan fingerprint density at radius 1 is 1.36 bits per heavy atom. The summed E-state index contributed by atoms with van der Waals surface area (Å²) in [6.45, 7) is 0. The molecule has 0 radical (unpaired) electrons. The van der Waals surface area contributed by atoms with Crippen molar-refractivity contribution >= 4 is 27.0 Å². The molecule has 0 saturated carbocycles. The summed E-state index contributed by atoms with van der Waals surface area (Å²) in [5.74, 6) is 0. The number of rotatable bonds is 1. The normalized spacial score (nSPS) is 10.6. The van der Waals surface area contributed by atoms with Crippen molar-refractivity contribution in [2.45, 2.75) is 5.33 Å². The van der Waals surface area contributed by atoms with Gasteiger partial charge in [-0.2, -0.15) is 0 Å². The standard InChI is InChI=1S/C8H7BrN2/c9-5-7-2-1-6-3-4-10-8(6)11-7/h1-4H,5H2,(H,10,11). The average molecular weight is 211 g/mol. The number of hydrogen-bond donors (Lipinski definition) is 1. The third-order valence-corrected chi connectivity index (χ3v) is 2.18. The topological polar surface area (TPSA) is 28.7 Å². The second kappa shape index (κ2) is 2.66. The highest BCUT2D eigenvalue weighted by atomic mass is 79.9. The van der Waals surface area contributed by atoms with E-state index in [1.165, 1.54) is 0 Å². The molecule has 0 bridgehead atoms. The van der Waals surface area contributed by atoms with Crippen LogP contribution >= 0.6 is 15.9 Å². The number of nitrogens with one attached hydrogen (secondary N) is 1. The number of fused-ring (bicyclic) bond motifs is 1. The number of alkyl halides is 1. The maximum Gasteiger partial charge on any atom is 0.137 e. The summed E-state index contributed by atoms with van der Waals surface area (Å²) in [7, 11) is 0. The van der Waals surface area contributed by atoms with Crippen molar-refractivity contribution in [3.63, 3.8) is 0 Å². The van der Waals surface area contributed by atoms with E-state index in [4.69, 9.17) is 0 Å². The molecular formula is C8H7BrN2. The Hall–Kier alpha value is -0.830. The number of nitrogens with zero attached hydrogens (tertiary/aromatic N) is 1. The molecule has 0 unspecified atom stereocenters. The van der Waals surface area contributed by atoms with Crippen molar-refractivity contribution in [1.29, 1.82) is 0 Å². The van der Waals surface area contributed by atoms with Crippen molar-refractivity contribution in [3.05, 3.63) is 30.1 Å². The molecule has 2 aromatic rings. The molecule has 1 N–H and O–H groups in total.